The Kier molecular flexibility index (Phi) is 7.30. The van der Waals surface area contributed by atoms with Crippen molar-refractivity contribution in [2.45, 2.75) is 12.3 Å². The fraction of sp³-hybridized carbons (Fsp3) is 0.125. The van der Waals surface area contributed by atoms with Crippen LogP contribution >= 0.6 is 23.2 Å². The lowest BCUT2D eigenvalue weighted by molar-refractivity contribution is -0.116. The van der Waals surface area contributed by atoms with Crippen molar-refractivity contribution in [1.82, 2.24) is 5.32 Å². The number of nitrogens with one attached hydrogen (secondary N) is 1. The molecule has 3 aromatic carbocycles. The Morgan fingerprint density at radius 2 is 1.36 bits per heavy atom. The van der Waals surface area contributed by atoms with Crippen LogP contribution in [0.2, 0.25) is 10.0 Å². The minimum Gasteiger partial charge on any atom is -0.353 e. The van der Waals surface area contributed by atoms with Crippen LogP contribution in [0.15, 0.2) is 84.9 Å². The van der Waals surface area contributed by atoms with Crippen molar-refractivity contribution in [1.29, 1.82) is 0 Å². The highest BCUT2D eigenvalue weighted by Crippen LogP contribution is 2.27. The van der Waals surface area contributed by atoms with Gasteiger partial charge in [0.15, 0.2) is 0 Å². The molecule has 0 saturated heterocycles. The Morgan fingerprint density at radius 3 is 1.89 bits per heavy atom. The third-order valence-electron chi connectivity index (χ3n) is 4.54. The summed E-state index contributed by atoms with van der Waals surface area (Å²) in [6.45, 7) is 0.563. The summed E-state index contributed by atoms with van der Waals surface area (Å²) in [6, 6.07) is 25.9. The van der Waals surface area contributed by atoms with Crippen molar-refractivity contribution < 1.29 is 4.79 Å². The van der Waals surface area contributed by atoms with E-state index in [0.717, 1.165) is 6.42 Å². The van der Waals surface area contributed by atoms with Gasteiger partial charge in [-0.15, -0.1) is 0 Å². The second-order valence-electron chi connectivity index (χ2n) is 6.42. The maximum Gasteiger partial charge on any atom is 0.244 e. The van der Waals surface area contributed by atoms with Crippen LogP contribution in [0.5, 0.6) is 0 Å². The van der Waals surface area contributed by atoms with Gasteiger partial charge in [0.1, 0.15) is 0 Å². The van der Waals surface area contributed by atoms with Crippen molar-refractivity contribution in [2.75, 3.05) is 6.54 Å². The summed E-state index contributed by atoms with van der Waals surface area (Å²) < 4.78 is 0. The molecule has 1 amide bonds. The average Bonchev–Trinajstić information content (AvgIpc) is 2.72. The van der Waals surface area contributed by atoms with Gasteiger partial charge in [0.05, 0.1) is 0 Å². The maximum absolute atomic E-state index is 12.2. The monoisotopic (exact) mass is 409 g/mol. The van der Waals surface area contributed by atoms with Crippen molar-refractivity contribution >= 4 is 35.2 Å². The third-order valence-corrected chi connectivity index (χ3v) is 5.20. The van der Waals surface area contributed by atoms with Crippen LogP contribution < -0.4 is 5.32 Å². The first-order valence-corrected chi connectivity index (χ1v) is 9.90. The van der Waals surface area contributed by atoms with E-state index in [4.69, 9.17) is 23.2 Å². The Labute approximate surface area is 175 Å². The van der Waals surface area contributed by atoms with E-state index in [2.05, 4.69) is 29.6 Å². The topological polar surface area (TPSA) is 29.1 Å². The fourth-order valence-corrected chi connectivity index (χ4v) is 3.65. The van der Waals surface area contributed by atoms with E-state index in [0.29, 0.717) is 22.2 Å². The van der Waals surface area contributed by atoms with Crippen LogP contribution in [0.25, 0.3) is 6.08 Å². The summed E-state index contributed by atoms with van der Waals surface area (Å²) in [5, 5.41) is 3.99. The lowest BCUT2D eigenvalue weighted by atomic mass is 9.88. The molecule has 0 heterocycles. The van der Waals surface area contributed by atoms with E-state index in [1.807, 2.05) is 36.4 Å². The predicted octanol–water partition coefficient (Wildman–Crippen LogP) is 6.35. The number of rotatable bonds is 7. The molecule has 0 spiro atoms. The molecule has 2 nitrogen and oxygen atoms in total. The molecule has 0 unspecified atom stereocenters. The van der Waals surface area contributed by atoms with E-state index < -0.39 is 0 Å². The molecular weight excluding hydrogens is 389 g/mol. The SMILES string of the molecule is O=C(/C=C/c1c(Cl)cccc1Cl)NCCC(c1ccccc1)c1ccccc1. The van der Waals surface area contributed by atoms with Crippen LogP contribution in [-0.4, -0.2) is 12.5 Å². The van der Waals surface area contributed by atoms with Crippen LogP contribution in [0, 0.1) is 0 Å². The summed E-state index contributed by atoms with van der Waals surface area (Å²) in [4.78, 5) is 12.2. The first kappa shape index (κ1) is 20.2. The zero-order valence-electron chi connectivity index (χ0n) is 15.3. The zero-order chi connectivity index (χ0) is 19.8. The lowest BCUT2D eigenvalue weighted by Gasteiger charge is -2.18. The van der Waals surface area contributed by atoms with Crippen LogP contribution in [0.3, 0.4) is 0 Å². The summed E-state index contributed by atoms with van der Waals surface area (Å²) in [6.07, 6.45) is 3.92. The van der Waals surface area contributed by atoms with Crippen molar-refractivity contribution in [3.05, 3.63) is 112 Å². The van der Waals surface area contributed by atoms with E-state index in [1.165, 1.54) is 17.2 Å². The standard InChI is InChI=1S/C24H21Cl2NO/c25-22-12-7-13-23(26)21(22)14-15-24(28)27-17-16-20(18-8-3-1-4-9-18)19-10-5-2-6-11-19/h1-15,20H,16-17H2,(H,27,28)/b15-14+. The summed E-state index contributed by atoms with van der Waals surface area (Å²) >= 11 is 12.3. The van der Waals surface area contributed by atoms with Crippen molar-refractivity contribution in [3.8, 4) is 0 Å². The van der Waals surface area contributed by atoms with Gasteiger partial charge in [-0.2, -0.15) is 0 Å². The highest BCUT2D eigenvalue weighted by atomic mass is 35.5. The molecule has 1 N–H and O–H groups in total. The number of halogens is 2. The summed E-state index contributed by atoms with van der Waals surface area (Å²) in [5.41, 5.74) is 3.12. The van der Waals surface area contributed by atoms with Crippen molar-refractivity contribution in [3.63, 3.8) is 0 Å². The molecule has 0 bridgehead atoms. The molecular formula is C24H21Cl2NO. The quantitative estimate of drug-likeness (QED) is 0.452. The molecule has 3 rings (SSSR count). The van der Waals surface area contributed by atoms with Gasteiger partial charge in [-0.05, 0) is 35.8 Å². The van der Waals surface area contributed by atoms with Gasteiger partial charge in [-0.25, -0.2) is 0 Å². The molecule has 142 valence electrons. The summed E-state index contributed by atoms with van der Waals surface area (Å²) in [5.74, 6) is 0.0561. The van der Waals surface area contributed by atoms with Gasteiger partial charge < -0.3 is 5.32 Å². The second-order valence-corrected chi connectivity index (χ2v) is 7.24. The smallest absolute Gasteiger partial charge is 0.244 e. The molecule has 3 aromatic rings. The van der Waals surface area contributed by atoms with E-state index in [9.17, 15) is 4.79 Å². The van der Waals surface area contributed by atoms with Crippen LogP contribution in [-0.2, 0) is 4.79 Å². The predicted molar refractivity (Wildman–Crippen MR) is 118 cm³/mol. The number of hydrogen-bond acceptors (Lipinski definition) is 1. The average molecular weight is 410 g/mol. The molecule has 0 aliphatic rings. The molecule has 28 heavy (non-hydrogen) atoms. The first-order chi connectivity index (χ1) is 13.6. The first-order valence-electron chi connectivity index (χ1n) is 9.15. The van der Waals surface area contributed by atoms with Crippen LogP contribution in [0.1, 0.15) is 29.0 Å². The van der Waals surface area contributed by atoms with Gasteiger partial charge in [-0.3, -0.25) is 4.79 Å². The maximum atomic E-state index is 12.2. The number of hydrogen-bond donors (Lipinski definition) is 1. The van der Waals surface area contributed by atoms with E-state index >= 15 is 0 Å². The Balaban J connectivity index is 1.63. The van der Waals surface area contributed by atoms with Crippen molar-refractivity contribution in [2.24, 2.45) is 0 Å². The van der Waals surface area contributed by atoms with E-state index in [1.54, 1.807) is 24.3 Å². The number of benzene rings is 3. The molecule has 0 aliphatic heterocycles. The Morgan fingerprint density at radius 1 is 0.821 bits per heavy atom. The van der Waals surface area contributed by atoms with Gasteiger partial charge >= 0.3 is 0 Å². The highest BCUT2D eigenvalue weighted by molar-refractivity contribution is 6.37. The number of carbonyl (C=O) groups excluding carboxylic acids is 1. The molecule has 0 fully saturated rings. The Bertz CT molecular complexity index is 880. The number of amides is 1. The summed E-state index contributed by atoms with van der Waals surface area (Å²) in [7, 11) is 0. The van der Waals surface area contributed by atoms with Gasteiger partial charge in [0.2, 0.25) is 5.91 Å². The van der Waals surface area contributed by atoms with Gasteiger partial charge in [0.25, 0.3) is 0 Å². The fourth-order valence-electron chi connectivity index (χ4n) is 3.12. The van der Waals surface area contributed by atoms with Gasteiger partial charge in [0, 0.05) is 34.1 Å². The largest absolute Gasteiger partial charge is 0.353 e. The van der Waals surface area contributed by atoms with E-state index in [-0.39, 0.29) is 11.8 Å². The second kappa shape index (κ2) is 10.1. The highest BCUT2D eigenvalue weighted by Gasteiger charge is 2.13. The molecule has 0 aromatic heterocycles. The van der Waals surface area contributed by atoms with Crippen LogP contribution in [0.4, 0.5) is 0 Å². The molecule has 0 saturated carbocycles. The normalized spacial score (nSPS) is 11.1. The minimum atomic E-state index is -0.171. The zero-order valence-corrected chi connectivity index (χ0v) is 16.8. The third kappa shape index (κ3) is 5.48. The molecule has 0 radical (unpaired) electrons. The number of carbonyl (C=O) groups is 1. The van der Waals surface area contributed by atoms with Gasteiger partial charge in [-0.1, -0.05) is 89.9 Å². The molecule has 0 aliphatic carbocycles. The molecule has 4 heteroatoms. The minimum absolute atomic E-state index is 0.171. The molecule has 0 atom stereocenters. The lowest BCUT2D eigenvalue weighted by Crippen LogP contribution is -2.23. The Hall–Kier alpha value is -2.55.